The predicted octanol–water partition coefficient (Wildman–Crippen LogP) is 3.45. The van der Waals surface area contributed by atoms with Gasteiger partial charge in [-0.1, -0.05) is 17.7 Å². The fraction of sp³-hybridized carbons (Fsp3) is 0.222. The molecule has 0 fully saturated rings. The highest BCUT2D eigenvalue weighted by atomic mass is 35.5. The number of carbonyl (C=O) groups excluding carboxylic acids is 2. The van der Waals surface area contributed by atoms with E-state index in [0.717, 1.165) is 6.26 Å². The molecule has 0 aliphatic heterocycles. The minimum absolute atomic E-state index is 0.149. The summed E-state index contributed by atoms with van der Waals surface area (Å²) in [6.45, 7) is 3.56. The first-order valence-corrected chi connectivity index (χ1v) is 10.2. The summed E-state index contributed by atoms with van der Waals surface area (Å²) in [6.07, 6.45) is 1.03. The molecule has 2 N–H and O–H groups in total. The molecule has 0 aliphatic carbocycles. The van der Waals surface area contributed by atoms with Crippen LogP contribution in [0.25, 0.3) is 0 Å². The van der Waals surface area contributed by atoms with E-state index in [0.29, 0.717) is 22.5 Å². The lowest BCUT2D eigenvalue weighted by molar-refractivity contribution is 0.0526. The number of esters is 1. The van der Waals surface area contributed by atoms with E-state index in [4.69, 9.17) is 16.3 Å². The van der Waals surface area contributed by atoms with Crippen molar-refractivity contribution in [1.29, 1.82) is 0 Å². The van der Waals surface area contributed by atoms with Crippen LogP contribution >= 0.6 is 11.6 Å². The average molecular weight is 411 g/mol. The fourth-order valence-corrected chi connectivity index (χ4v) is 3.24. The summed E-state index contributed by atoms with van der Waals surface area (Å²) < 4.78 is 30.1. The molecule has 0 saturated carbocycles. The van der Waals surface area contributed by atoms with E-state index < -0.39 is 21.9 Å². The molecule has 0 atom stereocenters. The van der Waals surface area contributed by atoms with Crippen molar-refractivity contribution >= 4 is 44.9 Å². The molecule has 2 rings (SSSR count). The lowest BCUT2D eigenvalue weighted by Gasteiger charge is -2.13. The molecule has 7 nitrogen and oxygen atoms in total. The minimum atomic E-state index is -3.47. The van der Waals surface area contributed by atoms with Crippen LogP contribution in [0.15, 0.2) is 36.4 Å². The van der Waals surface area contributed by atoms with Crippen LogP contribution in [0.5, 0.6) is 0 Å². The number of amides is 1. The van der Waals surface area contributed by atoms with Crippen molar-refractivity contribution in [2.24, 2.45) is 0 Å². The Morgan fingerprint density at radius 2 is 1.85 bits per heavy atom. The number of rotatable bonds is 6. The Balaban J connectivity index is 2.24. The Labute approximate surface area is 162 Å². The van der Waals surface area contributed by atoms with E-state index in [9.17, 15) is 18.0 Å². The van der Waals surface area contributed by atoms with Gasteiger partial charge in [0.05, 0.1) is 29.1 Å². The van der Waals surface area contributed by atoms with Gasteiger partial charge in [0.15, 0.2) is 0 Å². The van der Waals surface area contributed by atoms with E-state index in [2.05, 4.69) is 10.0 Å². The Hall–Kier alpha value is -2.58. The molecule has 0 bridgehead atoms. The lowest BCUT2D eigenvalue weighted by atomic mass is 10.1. The SMILES string of the molecule is CCOC(=O)c1ccc(NC(=O)c2cccc(NS(C)(=O)=O)c2C)cc1Cl. The topological polar surface area (TPSA) is 102 Å². The summed E-state index contributed by atoms with van der Waals surface area (Å²) in [7, 11) is -3.47. The molecular weight excluding hydrogens is 392 g/mol. The van der Waals surface area contributed by atoms with Gasteiger partial charge >= 0.3 is 5.97 Å². The van der Waals surface area contributed by atoms with Crippen molar-refractivity contribution in [2.45, 2.75) is 13.8 Å². The third-order valence-corrected chi connectivity index (χ3v) is 4.50. The molecular formula is C18H19ClN2O5S. The first kappa shape index (κ1) is 20.7. The number of hydrogen-bond acceptors (Lipinski definition) is 5. The summed E-state index contributed by atoms with van der Waals surface area (Å²) in [4.78, 5) is 24.3. The van der Waals surface area contributed by atoms with Gasteiger partial charge < -0.3 is 10.1 Å². The predicted molar refractivity (Wildman–Crippen MR) is 105 cm³/mol. The first-order chi connectivity index (χ1) is 12.6. The standard InChI is InChI=1S/C18H19ClN2O5S/c1-4-26-18(23)14-9-8-12(10-15(14)19)20-17(22)13-6-5-7-16(11(13)2)21-27(3,24)25/h5-10,21H,4H2,1-3H3,(H,20,22). The second kappa shape index (κ2) is 8.41. The minimum Gasteiger partial charge on any atom is -0.462 e. The van der Waals surface area contributed by atoms with Crippen LogP contribution in [-0.2, 0) is 14.8 Å². The number of nitrogens with one attached hydrogen (secondary N) is 2. The van der Waals surface area contributed by atoms with Gasteiger partial charge in [-0.05, 0) is 49.7 Å². The second-order valence-corrected chi connectivity index (χ2v) is 7.88. The van der Waals surface area contributed by atoms with Crippen molar-refractivity contribution in [3.8, 4) is 0 Å². The van der Waals surface area contributed by atoms with Crippen molar-refractivity contribution in [3.05, 3.63) is 58.1 Å². The van der Waals surface area contributed by atoms with Crippen LogP contribution in [0.3, 0.4) is 0 Å². The van der Waals surface area contributed by atoms with Gasteiger partial charge in [-0.15, -0.1) is 0 Å². The number of sulfonamides is 1. The third kappa shape index (κ3) is 5.45. The zero-order valence-electron chi connectivity index (χ0n) is 15.0. The average Bonchev–Trinajstić information content (AvgIpc) is 2.55. The molecule has 2 aromatic rings. The number of benzene rings is 2. The van der Waals surface area contributed by atoms with Crippen molar-refractivity contribution in [3.63, 3.8) is 0 Å². The summed E-state index contributed by atoms with van der Waals surface area (Å²) >= 11 is 6.09. The number of carbonyl (C=O) groups is 2. The largest absolute Gasteiger partial charge is 0.462 e. The Kier molecular flexibility index (Phi) is 6.45. The highest BCUT2D eigenvalue weighted by molar-refractivity contribution is 7.92. The molecule has 9 heteroatoms. The first-order valence-electron chi connectivity index (χ1n) is 7.97. The van der Waals surface area contributed by atoms with Crippen LogP contribution in [-0.4, -0.2) is 33.2 Å². The fourth-order valence-electron chi connectivity index (χ4n) is 2.36. The Bertz CT molecular complexity index is 989. The summed E-state index contributed by atoms with van der Waals surface area (Å²) in [6, 6.07) is 9.16. The highest BCUT2D eigenvalue weighted by Crippen LogP contribution is 2.24. The third-order valence-electron chi connectivity index (χ3n) is 3.60. The summed E-state index contributed by atoms with van der Waals surface area (Å²) in [5.41, 5.74) is 1.69. The smallest absolute Gasteiger partial charge is 0.339 e. The molecule has 144 valence electrons. The van der Waals surface area contributed by atoms with Crippen LogP contribution in [0, 0.1) is 6.92 Å². The number of halogens is 1. The maximum absolute atomic E-state index is 12.6. The molecule has 2 aromatic carbocycles. The zero-order valence-corrected chi connectivity index (χ0v) is 16.6. The molecule has 27 heavy (non-hydrogen) atoms. The van der Waals surface area contributed by atoms with Crippen molar-refractivity contribution in [2.75, 3.05) is 22.9 Å². The number of ether oxygens (including phenoxy) is 1. The molecule has 1 amide bonds. The molecule has 0 unspecified atom stereocenters. The monoisotopic (exact) mass is 410 g/mol. The number of anilines is 2. The lowest BCUT2D eigenvalue weighted by Crippen LogP contribution is -2.16. The van der Waals surface area contributed by atoms with Gasteiger partial charge in [0.2, 0.25) is 10.0 Å². The van der Waals surface area contributed by atoms with Gasteiger partial charge in [0.1, 0.15) is 0 Å². The second-order valence-electron chi connectivity index (χ2n) is 5.72. The molecule has 0 spiro atoms. The van der Waals surface area contributed by atoms with Gasteiger partial charge in [-0.25, -0.2) is 13.2 Å². The van der Waals surface area contributed by atoms with Crippen LogP contribution in [0.1, 0.15) is 33.2 Å². The van der Waals surface area contributed by atoms with E-state index in [1.807, 2.05) is 0 Å². The van der Waals surface area contributed by atoms with E-state index >= 15 is 0 Å². The van der Waals surface area contributed by atoms with E-state index in [1.165, 1.54) is 18.2 Å². The maximum atomic E-state index is 12.6. The van der Waals surface area contributed by atoms with E-state index in [-0.39, 0.29) is 17.2 Å². The Morgan fingerprint density at radius 3 is 2.44 bits per heavy atom. The molecule has 0 saturated heterocycles. The van der Waals surface area contributed by atoms with Gasteiger partial charge in [-0.3, -0.25) is 9.52 Å². The van der Waals surface area contributed by atoms with Crippen LogP contribution < -0.4 is 10.0 Å². The van der Waals surface area contributed by atoms with Gasteiger partial charge in [-0.2, -0.15) is 0 Å². The molecule has 0 aromatic heterocycles. The molecule has 0 aliphatic rings. The highest BCUT2D eigenvalue weighted by Gasteiger charge is 2.16. The zero-order chi connectivity index (χ0) is 20.2. The van der Waals surface area contributed by atoms with Gasteiger partial charge in [0, 0.05) is 11.3 Å². The Morgan fingerprint density at radius 1 is 1.15 bits per heavy atom. The number of hydrogen-bond donors (Lipinski definition) is 2. The van der Waals surface area contributed by atoms with Crippen LogP contribution in [0.2, 0.25) is 5.02 Å². The van der Waals surface area contributed by atoms with Crippen molar-refractivity contribution < 1.29 is 22.7 Å². The molecule has 0 heterocycles. The maximum Gasteiger partial charge on any atom is 0.339 e. The molecule has 0 radical (unpaired) electrons. The van der Waals surface area contributed by atoms with E-state index in [1.54, 1.807) is 32.0 Å². The normalized spacial score (nSPS) is 11.0. The van der Waals surface area contributed by atoms with Gasteiger partial charge in [0.25, 0.3) is 5.91 Å². The van der Waals surface area contributed by atoms with Crippen LogP contribution in [0.4, 0.5) is 11.4 Å². The summed E-state index contributed by atoms with van der Waals surface area (Å²) in [5, 5.41) is 2.82. The van der Waals surface area contributed by atoms with Crippen molar-refractivity contribution in [1.82, 2.24) is 0 Å². The quantitative estimate of drug-likeness (QED) is 0.710. The summed E-state index contributed by atoms with van der Waals surface area (Å²) in [5.74, 6) is -0.986.